The first kappa shape index (κ1) is 34.6. The molecule has 3 aromatic rings. The summed E-state index contributed by atoms with van der Waals surface area (Å²) in [6.07, 6.45) is -8.84. The van der Waals surface area contributed by atoms with Crippen LogP contribution in [0, 0.1) is 0 Å². The number of aliphatic hydroxyl groups is 4. The third kappa shape index (κ3) is 7.10. The number of rotatable bonds is 11. The monoisotopic (exact) mass is 732 g/mol. The van der Waals surface area contributed by atoms with Gasteiger partial charge in [-0.1, -0.05) is 0 Å². The van der Waals surface area contributed by atoms with E-state index in [9.17, 15) is 44.1 Å². The van der Waals surface area contributed by atoms with E-state index < -0.39 is 104 Å². The summed E-state index contributed by atoms with van der Waals surface area (Å²) >= 11 is -0.500. The molecule has 3 aromatic heterocycles. The number of carbonyl (C=O) groups excluding carboxylic acids is 1. The van der Waals surface area contributed by atoms with Crippen molar-refractivity contribution >= 4 is 52.6 Å². The molecule has 24 heteroatoms. The van der Waals surface area contributed by atoms with Crippen molar-refractivity contribution in [1.82, 2.24) is 30.7 Å². The Morgan fingerprint density at radius 2 is 1.59 bits per heavy atom. The number of hydrogen-bond donors (Lipinski definition) is 9. The van der Waals surface area contributed by atoms with Gasteiger partial charge in [0.2, 0.25) is 0 Å². The molecule has 0 aliphatic carbocycles. The van der Waals surface area contributed by atoms with E-state index in [4.69, 9.17) is 30.0 Å². The van der Waals surface area contributed by atoms with Gasteiger partial charge in [-0.25, -0.2) is 15.0 Å². The third-order valence-corrected chi connectivity index (χ3v) is 12.5. The molecule has 10 atom stereocenters. The topological polar surface area (TPSA) is 353 Å². The predicted octanol–water partition coefficient (Wildman–Crippen LogP) is -3.04. The minimum absolute atomic E-state index is 0. The van der Waals surface area contributed by atoms with E-state index in [1.165, 1.54) is 15.8 Å². The molecule has 0 spiro atoms. The Hall–Kier alpha value is -2.23. The van der Waals surface area contributed by atoms with Crippen molar-refractivity contribution in [2.75, 3.05) is 24.9 Å². The van der Waals surface area contributed by atoms with Gasteiger partial charge in [-0.15, -0.1) is 0 Å². The van der Waals surface area contributed by atoms with Gasteiger partial charge in [0, 0.05) is 0 Å². The Morgan fingerprint density at radius 3 is 2.20 bits per heavy atom. The molecule has 1 amide bonds. The Bertz CT molecular complexity index is 1590. The Labute approximate surface area is 253 Å². The fourth-order valence-corrected chi connectivity index (χ4v) is 9.53. The van der Waals surface area contributed by atoms with Gasteiger partial charge in [0.25, 0.3) is 0 Å². The molecular formula is C20H30N8O13P2Se. The number of nitrogens with zero attached hydrogens (tertiary/aromatic N) is 5. The Morgan fingerprint density at radius 1 is 0.977 bits per heavy atom. The molecule has 0 bridgehead atoms. The fraction of sp³-hybridized carbons (Fsp3) is 0.550. The average Bonchev–Trinajstić information content (AvgIpc) is 3.70. The van der Waals surface area contributed by atoms with E-state index in [1.54, 1.807) is 0 Å². The van der Waals surface area contributed by atoms with E-state index in [0.717, 1.165) is 6.33 Å². The van der Waals surface area contributed by atoms with Gasteiger partial charge < -0.3 is 26.8 Å². The first-order valence-corrected chi connectivity index (χ1v) is 17.7. The molecule has 2 aliphatic heterocycles. The Balaban J connectivity index is 0.00000442. The number of carbonyl (C=O) groups is 1. The van der Waals surface area contributed by atoms with Crippen LogP contribution in [-0.4, -0.2) is 131 Å². The number of aromatic nitrogens is 5. The fourth-order valence-electron chi connectivity index (χ4n) is 4.46. The van der Waals surface area contributed by atoms with E-state index in [2.05, 4.69) is 19.9 Å². The molecule has 5 rings (SSSR count). The van der Waals surface area contributed by atoms with E-state index in [-0.39, 0.29) is 33.4 Å². The maximum atomic E-state index is 12.6. The van der Waals surface area contributed by atoms with Crippen LogP contribution in [0.3, 0.4) is 0 Å². The summed E-state index contributed by atoms with van der Waals surface area (Å²) in [5, 5.41) is 41.6. The van der Waals surface area contributed by atoms with Crippen LogP contribution >= 0.6 is 15.2 Å². The van der Waals surface area contributed by atoms with E-state index in [1.807, 2.05) is 0 Å². The zero-order valence-corrected chi connectivity index (χ0v) is 25.9. The van der Waals surface area contributed by atoms with Crippen molar-refractivity contribution in [3.63, 3.8) is 0 Å². The second-order valence-electron chi connectivity index (χ2n) is 9.65. The summed E-state index contributed by atoms with van der Waals surface area (Å²) in [6, 6.07) is 0. The first-order chi connectivity index (χ1) is 20.2. The summed E-state index contributed by atoms with van der Waals surface area (Å²) < 4.78 is 47.7. The number of nitrogen functional groups attached to an aromatic ring is 1. The zero-order valence-electron chi connectivity index (χ0n) is 22.4. The Kier molecular flexibility index (Phi) is 10.4. The maximum absolute atomic E-state index is 12.6. The van der Waals surface area contributed by atoms with Gasteiger partial charge in [0.15, 0.2) is 17.7 Å². The first-order valence-electron chi connectivity index (χ1n) is 12.3. The van der Waals surface area contributed by atoms with Crippen LogP contribution in [0.1, 0.15) is 27.4 Å². The summed E-state index contributed by atoms with van der Waals surface area (Å²) in [5.41, 5.74) is 11.3. The van der Waals surface area contributed by atoms with Gasteiger partial charge in [-0.05, 0) is 0 Å². The van der Waals surface area contributed by atoms with Gasteiger partial charge in [0.05, 0.1) is 6.33 Å². The molecular weight excluding hydrogens is 701 g/mol. The normalized spacial score (nSPS) is 31.4. The third-order valence-electron chi connectivity index (χ3n) is 6.62. The summed E-state index contributed by atoms with van der Waals surface area (Å²) in [5.74, 6) is -2.09. The van der Waals surface area contributed by atoms with Crippen LogP contribution in [0.2, 0.25) is 0 Å². The predicted molar refractivity (Wildman–Crippen MR) is 146 cm³/mol. The zero-order chi connectivity index (χ0) is 31.3. The van der Waals surface area contributed by atoms with Gasteiger partial charge in [0.1, 0.15) is 24.1 Å². The van der Waals surface area contributed by atoms with Crippen molar-refractivity contribution in [2.24, 2.45) is 5.73 Å². The number of anilines is 1. The molecule has 5 heterocycles. The van der Waals surface area contributed by atoms with Gasteiger partial charge >= 0.3 is 159 Å². The summed E-state index contributed by atoms with van der Waals surface area (Å²) in [7, 11) is -9.71. The van der Waals surface area contributed by atoms with Crippen LogP contribution in [0.4, 0.5) is 5.82 Å². The second-order valence-corrected chi connectivity index (χ2v) is 15.7. The molecule has 21 nitrogen and oxygen atoms in total. The van der Waals surface area contributed by atoms with Crippen molar-refractivity contribution in [3.05, 3.63) is 27.9 Å². The molecule has 2 aliphatic rings. The van der Waals surface area contributed by atoms with Crippen molar-refractivity contribution in [2.45, 2.75) is 49.0 Å². The van der Waals surface area contributed by atoms with Crippen molar-refractivity contribution in [3.8, 4) is 0 Å². The molecule has 0 aromatic carbocycles. The number of amides is 1. The molecule has 13 N–H and O–H groups in total. The number of imidazole rings is 1. The summed E-state index contributed by atoms with van der Waals surface area (Å²) in [6.45, 7) is -1.53. The van der Waals surface area contributed by atoms with Crippen molar-refractivity contribution < 1.29 is 62.7 Å². The van der Waals surface area contributed by atoms with Crippen LogP contribution in [-0.2, 0) is 27.7 Å². The molecule has 0 radical (unpaired) electrons. The molecule has 2 fully saturated rings. The quantitative estimate of drug-likeness (QED) is 0.0699. The van der Waals surface area contributed by atoms with Gasteiger partial charge in [-0.2, -0.15) is 0 Å². The van der Waals surface area contributed by atoms with Crippen LogP contribution in [0.5, 0.6) is 0 Å². The van der Waals surface area contributed by atoms with Crippen LogP contribution in [0.15, 0.2) is 17.6 Å². The number of primary amides is 1. The average molecular weight is 731 g/mol. The number of hydrogen-bond acceptors (Lipinski definition) is 17. The second kappa shape index (κ2) is 13.2. The van der Waals surface area contributed by atoms with E-state index >= 15 is 0 Å². The minimum atomic E-state index is -4.86. The van der Waals surface area contributed by atoms with E-state index in [0.29, 0.717) is 0 Å². The molecule has 0 saturated carbocycles. The molecule has 10 unspecified atom stereocenters. The number of aliphatic hydroxyl groups excluding tert-OH is 4. The SMILES string of the molecule is N.NC(=O)c1c[se]c(C2OC(COP(=O)(O)CP(=O)(O)OCC3OC(n4cnc5c(N)ncnc54)C(O)C3O)C(O)C2O)n1. The number of nitrogens with two attached hydrogens (primary N) is 2. The molecule has 244 valence electrons. The van der Waals surface area contributed by atoms with Gasteiger partial charge in [-0.3, -0.25) is 4.57 Å². The molecule has 44 heavy (non-hydrogen) atoms. The molecule has 2 saturated heterocycles. The van der Waals surface area contributed by atoms with Crippen LogP contribution < -0.4 is 17.6 Å². The number of fused-ring (bicyclic) bond motifs is 1. The van der Waals surface area contributed by atoms with Crippen LogP contribution in [0.25, 0.3) is 11.2 Å². The van der Waals surface area contributed by atoms with Crippen molar-refractivity contribution in [1.29, 1.82) is 0 Å². The summed E-state index contributed by atoms with van der Waals surface area (Å²) in [4.78, 5) is 49.1. The number of ether oxygens (including phenoxy) is 2. The standard InChI is InChI=1S/C20H27N7O13P2Se.H3N/c21-16-10-18(24-4-23-16)27(5-25-10)20-14(31)12(29)9(40-20)2-38-42(35,36)6-41(33,34)37-1-8-11(28)13(30)15(39-8)19-26-7(3-43-19)17(22)32;/h3-5,8-9,11-15,20,28-31H,1-2,6H2,(H2,22,32)(H,33,34)(H,35,36)(H2,21,23,24);1H3.